The van der Waals surface area contributed by atoms with Crippen LogP contribution in [0.2, 0.25) is 0 Å². The van der Waals surface area contributed by atoms with Crippen LogP contribution in [-0.2, 0) is 19.1 Å². The molecule has 0 unspecified atom stereocenters. The van der Waals surface area contributed by atoms with Gasteiger partial charge in [0, 0.05) is 20.1 Å². The van der Waals surface area contributed by atoms with Crippen LogP contribution in [0, 0.1) is 17.8 Å². The molecule has 28 heavy (non-hydrogen) atoms. The highest BCUT2D eigenvalue weighted by atomic mass is 16.6. The summed E-state index contributed by atoms with van der Waals surface area (Å²) in [4.78, 5) is 42.5. The lowest BCUT2D eigenvalue weighted by Crippen LogP contribution is -2.39. The lowest BCUT2D eigenvalue weighted by atomic mass is 10.1. The number of rotatable bonds is 4. The van der Waals surface area contributed by atoms with Crippen molar-refractivity contribution in [3.63, 3.8) is 0 Å². The van der Waals surface area contributed by atoms with E-state index < -0.39 is 11.6 Å². The first-order valence-electron chi connectivity index (χ1n) is 9.44. The van der Waals surface area contributed by atoms with Crippen molar-refractivity contribution in [2.75, 3.05) is 40.8 Å². The fourth-order valence-electron chi connectivity index (χ4n) is 2.89. The van der Waals surface area contributed by atoms with Gasteiger partial charge in [-0.05, 0) is 66.6 Å². The van der Waals surface area contributed by atoms with E-state index in [0.29, 0.717) is 31.6 Å². The minimum absolute atomic E-state index is 0.196. The zero-order chi connectivity index (χ0) is 21.6. The van der Waals surface area contributed by atoms with E-state index in [1.807, 2.05) is 19.0 Å². The van der Waals surface area contributed by atoms with Gasteiger partial charge in [0.15, 0.2) is 0 Å². The minimum Gasteiger partial charge on any atom is -0.455 e. The number of likely N-dealkylation sites (tertiary alicyclic amines) is 1. The average Bonchev–Trinajstić information content (AvgIpc) is 3.01. The van der Waals surface area contributed by atoms with Gasteiger partial charge in [-0.25, -0.2) is 4.79 Å². The second-order valence-electron chi connectivity index (χ2n) is 8.52. The molecule has 0 aromatic carbocycles. The Bertz CT molecular complexity index is 703. The van der Waals surface area contributed by atoms with E-state index in [2.05, 4.69) is 11.8 Å². The Morgan fingerprint density at radius 1 is 1.14 bits per heavy atom. The Labute approximate surface area is 168 Å². The molecule has 7 nitrogen and oxygen atoms in total. The summed E-state index contributed by atoms with van der Waals surface area (Å²) in [5, 5.41) is 0. The second-order valence-corrected chi connectivity index (χ2v) is 8.52. The predicted molar refractivity (Wildman–Crippen MR) is 108 cm³/mol. The first kappa shape index (κ1) is 23.7. The monoisotopic (exact) mass is 391 g/mol. The van der Waals surface area contributed by atoms with Crippen molar-refractivity contribution < 1.29 is 19.1 Å². The molecule has 1 atom stereocenters. The lowest BCUT2D eigenvalue weighted by molar-refractivity contribution is -0.154. The molecule has 0 bridgehead atoms. The molecule has 0 aromatic heterocycles. The molecule has 0 aliphatic carbocycles. The van der Waals surface area contributed by atoms with Gasteiger partial charge in [-0.3, -0.25) is 14.5 Å². The zero-order valence-corrected chi connectivity index (χ0v) is 18.4. The van der Waals surface area contributed by atoms with E-state index in [1.54, 1.807) is 46.6 Å². The number of likely N-dealkylation sites (N-methyl/N-ethyl adjacent to an activating group) is 1. The number of esters is 1. The number of amides is 2. The summed E-state index contributed by atoms with van der Waals surface area (Å²) in [6, 6.07) is 0. The fraction of sp³-hybridized carbons (Fsp3) is 0.667. The molecule has 1 saturated heterocycles. The van der Waals surface area contributed by atoms with E-state index in [1.165, 1.54) is 4.90 Å². The van der Waals surface area contributed by atoms with Crippen LogP contribution in [0.25, 0.3) is 0 Å². The maximum absolute atomic E-state index is 12.9. The molecule has 1 fully saturated rings. The fourth-order valence-corrected chi connectivity index (χ4v) is 2.89. The number of carbonyl (C=O) groups excluding carboxylic acids is 3. The maximum atomic E-state index is 12.9. The van der Waals surface area contributed by atoms with E-state index in [9.17, 15) is 14.4 Å². The summed E-state index contributed by atoms with van der Waals surface area (Å²) in [5.74, 6) is 4.09. The molecule has 1 heterocycles. The number of nitrogens with zero attached hydrogens (tertiary/aromatic N) is 3. The third kappa shape index (κ3) is 7.01. The summed E-state index contributed by atoms with van der Waals surface area (Å²) in [7, 11) is 5.34. The van der Waals surface area contributed by atoms with E-state index >= 15 is 0 Å². The molecule has 7 heteroatoms. The van der Waals surface area contributed by atoms with Crippen molar-refractivity contribution in [3.05, 3.63) is 11.3 Å². The topological polar surface area (TPSA) is 70.2 Å². The van der Waals surface area contributed by atoms with Crippen LogP contribution in [-0.4, -0.2) is 78.9 Å². The van der Waals surface area contributed by atoms with Crippen LogP contribution in [0.1, 0.15) is 41.0 Å². The summed E-state index contributed by atoms with van der Waals surface area (Å²) < 4.78 is 5.44. The molecule has 156 valence electrons. The highest BCUT2D eigenvalue weighted by Crippen LogP contribution is 2.23. The van der Waals surface area contributed by atoms with Gasteiger partial charge in [0.05, 0.1) is 12.5 Å². The van der Waals surface area contributed by atoms with Crippen LogP contribution >= 0.6 is 0 Å². The first-order valence-corrected chi connectivity index (χ1v) is 9.44. The smallest absolute Gasteiger partial charge is 0.355 e. The molecule has 0 N–H and O–H groups in total. The molecule has 0 aromatic rings. The molecular weight excluding hydrogens is 358 g/mol. The summed E-state index contributed by atoms with van der Waals surface area (Å²) in [5.41, 5.74) is 0.296. The second kappa shape index (κ2) is 9.74. The lowest BCUT2D eigenvalue weighted by Gasteiger charge is -2.27. The van der Waals surface area contributed by atoms with Crippen molar-refractivity contribution in [3.8, 4) is 11.8 Å². The quantitative estimate of drug-likeness (QED) is 0.413. The summed E-state index contributed by atoms with van der Waals surface area (Å²) >= 11 is 0. The first-order chi connectivity index (χ1) is 12.8. The molecule has 0 saturated carbocycles. The van der Waals surface area contributed by atoms with E-state index in [4.69, 9.17) is 4.74 Å². The number of carbonyl (C=O) groups is 3. The van der Waals surface area contributed by atoms with Crippen molar-refractivity contribution in [2.45, 2.75) is 46.6 Å². The third-order valence-corrected chi connectivity index (χ3v) is 4.15. The number of hydrogen-bond acceptors (Lipinski definition) is 5. The van der Waals surface area contributed by atoms with Crippen LogP contribution in [0.4, 0.5) is 0 Å². The average molecular weight is 392 g/mol. The normalized spacial score (nSPS) is 16.3. The van der Waals surface area contributed by atoms with Gasteiger partial charge in [0.2, 0.25) is 5.91 Å². The highest BCUT2D eigenvalue weighted by Gasteiger charge is 2.35. The Balaban J connectivity index is 2.82. The van der Waals surface area contributed by atoms with Crippen LogP contribution in [0.15, 0.2) is 11.3 Å². The van der Waals surface area contributed by atoms with Gasteiger partial charge < -0.3 is 14.5 Å². The molecule has 1 aliphatic heterocycles. The molecule has 0 radical (unpaired) electrons. The minimum atomic E-state index is -0.649. The highest BCUT2D eigenvalue weighted by molar-refractivity contribution is 5.96. The van der Waals surface area contributed by atoms with Gasteiger partial charge in [-0.2, -0.15) is 0 Å². The molecular formula is C21H33N3O4. The van der Waals surface area contributed by atoms with Crippen molar-refractivity contribution >= 4 is 17.8 Å². The zero-order valence-electron chi connectivity index (χ0n) is 18.4. The Kier molecular flexibility index (Phi) is 8.25. The summed E-state index contributed by atoms with van der Waals surface area (Å²) in [6.07, 6.45) is 0.550. The van der Waals surface area contributed by atoms with Crippen molar-refractivity contribution in [2.24, 2.45) is 5.92 Å². The number of allylic oxidation sites excluding steroid dienone is 1. The van der Waals surface area contributed by atoms with Crippen LogP contribution < -0.4 is 0 Å². The van der Waals surface area contributed by atoms with Crippen molar-refractivity contribution in [1.82, 2.24) is 14.7 Å². The van der Waals surface area contributed by atoms with Crippen molar-refractivity contribution in [1.29, 1.82) is 0 Å². The largest absolute Gasteiger partial charge is 0.455 e. The summed E-state index contributed by atoms with van der Waals surface area (Å²) in [6.45, 7) is 10.2. The molecule has 0 spiro atoms. The SMILES string of the molecule is CC(C)=C(C(=O)OC(C)(C)C)N(C)C(=O)[C@H]1CCN(C(=O)C#CCN(C)C)C1. The Hall–Kier alpha value is -2.33. The third-order valence-electron chi connectivity index (χ3n) is 4.15. The Morgan fingerprint density at radius 2 is 1.75 bits per heavy atom. The van der Waals surface area contributed by atoms with Gasteiger partial charge in [0.25, 0.3) is 5.91 Å². The standard InChI is InChI=1S/C21H33N3O4/c1-15(2)18(20(27)28-21(3,4)5)23(8)19(26)16-11-13-24(14-16)17(25)10-9-12-22(6)7/h16H,11-14H2,1-8H3/t16-/m0/s1. The molecule has 1 rings (SSSR count). The number of hydrogen-bond donors (Lipinski definition) is 0. The van der Waals surface area contributed by atoms with Crippen LogP contribution in [0.3, 0.4) is 0 Å². The predicted octanol–water partition coefficient (Wildman–Crippen LogP) is 1.49. The maximum Gasteiger partial charge on any atom is 0.355 e. The van der Waals surface area contributed by atoms with E-state index in [-0.39, 0.29) is 23.4 Å². The molecule has 1 aliphatic rings. The van der Waals surface area contributed by atoms with Gasteiger partial charge in [0.1, 0.15) is 11.3 Å². The van der Waals surface area contributed by atoms with E-state index in [0.717, 1.165) is 0 Å². The van der Waals surface area contributed by atoms with Crippen LogP contribution in [0.5, 0.6) is 0 Å². The van der Waals surface area contributed by atoms with Gasteiger partial charge in [-0.1, -0.05) is 5.92 Å². The van der Waals surface area contributed by atoms with Gasteiger partial charge >= 0.3 is 5.97 Å². The van der Waals surface area contributed by atoms with Gasteiger partial charge in [-0.15, -0.1) is 0 Å². The molecule has 2 amide bonds. The Morgan fingerprint density at radius 3 is 2.25 bits per heavy atom. The number of ether oxygens (including phenoxy) is 1.